The highest BCUT2D eigenvalue weighted by molar-refractivity contribution is 6.54. The van der Waals surface area contributed by atoms with Gasteiger partial charge in [0.15, 0.2) is 0 Å². The number of ether oxygens (including phenoxy) is 1. The molecule has 1 heterocycles. The third-order valence-electron chi connectivity index (χ3n) is 3.99. The highest BCUT2D eigenvalue weighted by atomic mass is 19.1. The monoisotopic (exact) mass is 292 g/mol. The minimum absolute atomic E-state index is 0.458. The molecule has 1 fully saturated rings. The fourth-order valence-corrected chi connectivity index (χ4v) is 2.06. The van der Waals surface area contributed by atoms with Gasteiger partial charge in [-0.25, -0.2) is 4.39 Å². The topological polar surface area (TPSA) is 27.7 Å². The zero-order chi connectivity index (χ0) is 15.7. The van der Waals surface area contributed by atoms with E-state index in [-0.39, 0.29) is 0 Å². The molecule has 1 saturated heterocycles. The fourth-order valence-electron chi connectivity index (χ4n) is 2.06. The van der Waals surface area contributed by atoms with E-state index in [0.717, 1.165) is 0 Å². The second kappa shape index (κ2) is 5.81. The lowest BCUT2D eigenvalue weighted by atomic mass is 9.86. The maximum atomic E-state index is 14.5. The van der Waals surface area contributed by atoms with Crippen molar-refractivity contribution in [2.24, 2.45) is 0 Å². The molecule has 0 aromatic heterocycles. The normalized spacial score (nSPS) is 20.7. The standard InChI is InChI=1S/C16H22BFO3/c1-6-19-13-10-8-7-9-12(13)11-14(18)17-20-15(2,3)16(4,5)21-17/h7-11H,6H2,1-5H3. The lowest BCUT2D eigenvalue weighted by Crippen LogP contribution is -2.41. The van der Waals surface area contributed by atoms with E-state index in [1.54, 1.807) is 6.07 Å². The van der Waals surface area contributed by atoms with Crippen LogP contribution in [0.5, 0.6) is 5.75 Å². The average molecular weight is 292 g/mol. The molecule has 0 unspecified atom stereocenters. The summed E-state index contributed by atoms with van der Waals surface area (Å²) in [5.41, 5.74) is -0.891. The highest BCUT2D eigenvalue weighted by Gasteiger charge is 2.53. The zero-order valence-corrected chi connectivity index (χ0v) is 13.3. The molecule has 21 heavy (non-hydrogen) atoms. The number of rotatable bonds is 4. The fraction of sp³-hybridized carbons (Fsp3) is 0.500. The lowest BCUT2D eigenvalue weighted by molar-refractivity contribution is 0.00578. The van der Waals surface area contributed by atoms with Crippen LogP contribution in [0.2, 0.25) is 0 Å². The largest absolute Gasteiger partial charge is 0.525 e. The SMILES string of the molecule is CCOc1ccccc1C=C(F)B1OC(C)(C)C(C)(C)O1. The van der Waals surface area contributed by atoms with E-state index >= 15 is 0 Å². The Balaban J connectivity index is 2.23. The van der Waals surface area contributed by atoms with Gasteiger partial charge in [0.25, 0.3) is 0 Å². The van der Waals surface area contributed by atoms with Gasteiger partial charge in [-0.2, -0.15) is 0 Å². The summed E-state index contributed by atoms with van der Waals surface area (Å²) in [4.78, 5) is 0. The minimum atomic E-state index is -0.982. The van der Waals surface area contributed by atoms with Crippen molar-refractivity contribution >= 4 is 13.2 Å². The van der Waals surface area contributed by atoms with Gasteiger partial charge in [-0.3, -0.25) is 0 Å². The van der Waals surface area contributed by atoms with E-state index in [4.69, 9.17) is 14.0 Å². The van der Waals surface area contributed by atoms with E-state index in [1.807, 2.05) is 52.8 Å². The van der Waals surface area contributed by atoms with Crippen molar-refractivity contribution in [3.8, 4) is 5.75 Å². The van der Waals surface area contributed by atoms with Gasteiger partial charge in [0.1, 0.15) is 11.5 Å². The van der Waals surface area contributed by atoms with Gasteiger partial charge < -0.3 is 14.0 Å². The first-order valence-electron chi connectivity index (χ1n) is 7.21. The molecule has 0 radical (unpaired) electrons. The van der Waals surface area contributed by atoms with Crippen molar-refractivity contribution < 1.29 is 18.4 Å². The summed E-state index contributed by atoms with van der Waals surface area (Å²) in [6, 6.07) is 7.31. The molecule has 3 nitrogen and oxygen atoms in total. The van der Waals surface area contributed by atoms with Crippen molar-refractivity contribution in [2.75, 3.05) is 6.61 Å². The average Bonchev–Trinajstić information content (AvgIpc) is 2.61. The van der Waals surface area contributed by atoms with Gasteiger partial charge in [0.05, 0.1) is 17.8 Å². The van der Waals surface area contributed by atoms with E-state index in [2.05, 4.69) is 0 Å². The maximum absolute atomic E-state index is 14.5. The number of hydrogen-bond acceptors (Lipinski definition) is 3. The molecule has 0 N–H and O–H groups in total. The Labute approximate surface area is 126 Å². The summed E-state index contributed by atoms with van der Waals surface area (Å²) in [5.74, 6) is 0.645. The van der Waals surface area contributed by atoms with Crippen LogP contribution in [0.1, 0.15) is 40.2 Å². The van der Waals surface area contributed by atoms with Gasteiger partial charge in [-0.15, -0.1) is 0 Å². The molecule has 1 aliphatic rings. The minimum Gasteiger partial charge on any atom is -0.493 e. The summed E-state index contributed by atoms with van der Waals surface area (Å²) in [5, 5.41) is 0. The van der Waals surface area contributed by atoms with Crippen LogP contribution in [0.3, 0.4) is 0 Å². The summed E-state index contributed by atoms with van der Waals surface area (Å²) >= 11 is 0. The second-order valence-corrected chi connectivity index (χ2v) is 6.09. The predicted octanol–water partition coefficient (Wildman–Crippen LogP) is 4.03. The first-order valence-corrected chi connectivity index (χ1v) is 7.21. The summed E-state index contributed by atoms with van der Waals surface area (Å²) in [7, 11) is -0.982. The Morgan fingerprint density at radius 3 is 2.33 bits per heavy atom. The Kier molecular flexibility index (Phi) is 4.44. The van der Waals surface area contributed by atoms with Crippen molar-refractivity contribution in [3.05, 3.63) is 35.6 Å². The molecule has 1 aromatic carbocycles. The van der Waals surface area contributed by atoms with E-state index < -0.39 is 24.0 Å². The van der Waals surface area contributed by atoms with Gasteiger partial charge in [-0.05, 0) is 46.8 Å². The molecular formula is C16H22BFO3. The van der Waals surface area contributed by atoms with Crippen LogP contribution in [0, 0.1) is 0 Å². The molecule has 0 amide bonds. The smallest absolute Gasteiger partial charge is 0.493 e. The summed E-state index contributed by atoms with van der Waals surface area (Å²) in [6.45, 7) is 10.0. The summed E-state index contributed by atoms with van der Waals surface area (Å²) < 4.78 is 31.3. The van der Waals surface area contributed by atoms with E-state index in [0.29, 0.717) is 17.9 Å². The predicted molar refractivity (Wildman–Crippen MR) is 82.8 cm³/mol. The van der Waals surface area contributed by atoms with Gasteiger partial charge in [0, 0.05) is 5.56 Å². The van der Waals surface area contributed by atoms with Crippen LogP contribution in [-0.2, 0) is 9.31 Å². The third kappa shape index (κ3) is 3.30. The zero-order valence-electron chi connectivity index (χ0n) is 13.3. The molecule has 2 rings (SSSR count). The van der Waals surface area contributed by atoms with E-state index in [1.165, 1.54) is 6.08 Å². The third-order valence-corrected chi connectivity index (χ3v) is 3.99. The van der Waals surface area contributed by atoms with Crippen molar-refractivity contribution in [3.63, 3.8) is 0 Å². The molecule has 0 spiro atoms. The number of para-hydroxylation sites is 1. The Hall–Kier alpha value is -1.33. The van der Waals surface area contributed by atoms with Crippen LogP contribution in [0.4, 0.5) is 4.39 Å². The molecule has 1 aromatic rings. The van der Waals surface area contributed by atoms with Crippen molar-refractivity contribution in [2.45, 2.75) is 45.8 Å². The molecule has 0 atom stereocenters. The quantitative estimate of drug-likeness (QED) is 0.784. The Morgan fingerprint density at radius 1 is 1.19 bits per heavy atom. The molecule has 0 aliphatic carbocycles. The van der Waals surface area contributed by atoms with Crippen molar-refractivity contribution in [1.82, 2.24) is 0 Å². The first kappa shape index (κ1) is 16.1. The van der Waals surface area contributed by atoms with Crippen LogP contribution in [0.15, 0.2) is 30.0 Å². The molecule has 5 heteroatoms. The number of benzene rings is 1. The van der Waals surface area contributed by atoms with Crippen LogP contribution in [-0.4, -0.2) is 24.9 Å². The molecule has 0 saturated carbocycles. The van der Waals surface area contributed by atoms with Crippen LogP contribution in [0.25, 0.3) is 6.08 Å². The molecule has 114 valence electrons. The van der Waals surface area contributed by atoms with Crippen LogP contribution < -0.4 is 4.74 Å². The second-order valence-electron chi connectivity index (χ2n) is 6.09. The Morgan fingerprint density at radius 2 is 1.76 bits per heavy atom. The molecular weight excluding hydrogens is 270 g/mol. The summed E-state index contributed by atoms with van der Waals surface area (Å²) in [6.07, 6.45) is 1.41. The number of halogens is 1. The Bertz CT molecular complexity index is 524. The van der Waals surface area contributed by atoms with Gasteiger partial charge in [-0.1, -0.05) is 18.2 Å². The number of hydrogen-bond donors (Lipinski definition) is 0. The molecule has 0 bridgehead atoms. The lowest BCUT2D eigenvalue weighted by Gasteiger charge is -2.32. The van der Waals surface area contributed by atoms with Gasteiger partial charge >= 0.3 is 7.12 Å². The highest BCUT2D eigenvalue weighted by Crippen LogP contribution is 2.39. The van der Waals surface area contributed by atoms with Crippen molar-refractivity contribution in [1.29, 1.82) is 0 Å². The maximum Gasteiger partial charge on any atom is 0.525 e. The van der Waals surface area contributed by atoms with E-state index in [9.17, 15) is 4.39 Å². The first-order chi connectivity index (χ1) is 9.77. The van der Waals surface area contributed by atoms with Crippen LogP contribution >= 0.6 is 0 Å². The molecule has 1 aliphatic heterocycles. The van der Waals surface area contributed by atoms with Gasteiger partial charge in [0.2, 0.25) is 0 Å².